The fraction of sp³-hybridized carbons (Fsp3) is 0.304. The molecule has 3 N–H and O–H groups in total. The van der Waals surface area contributed by atoms with Crippen LogP contribution in [0.3, 0.4) is 0 Å². The number of anilines is 1. The Kier molecular flexibility index (Phi) is 5.72. The van der Waals surface area contributed by atoms with Gasteiger partial charge in [0, 0.05) is 29.8 Å². The standard InChI is InChI=1S/C23H26FN5O2/c1-14-6-4-5-7-20(14)29(31)13-25-11-19-21(18-9-8-17(24)10-15(18)2)27-23(28-22(19)29)26-16(3)12-30/h4-10,16,25,30H,11-13H2,1-3H3,(H,26,27,28)/t16-,29?/m0/s1. The van der Waals surface area contributed by atoms with Gasteiger partial charge in [0.15, 0.2) is 0 Å². The summed E-state index contributed by atoms with van der Waals surface area (Å²) in [5, 5.41) is 30.0. The third kappa shape index (κ3) is 3.90. The van der Waals surface area contributed by atoms with Gasteiger partial charge in [0.2, 0.25) is 11.8 Å². The molecule has 0 radical (unpaired) electrons. The highest BCUT2D eigenvalue weighted by molar-refractivity contribution is 5.75. The van der Waals surface area contributed by atoms with Gasteiger partial charge in [-0.25, -0.2) is 9.37 Å². The van der Waals surface area contributed by atoms with Crippen molar-refractivity contribution in [1.82, 2.24) is 19.9 Å². The molecule has 0 fully saturated rings. The van der Waals surface area contributed by atoms with Crippen molar-refractivity contribution >= 4 is 17.5 Å². The molecule has 0 spiro atoms. The van der Waals surface area contributed by atoms with Crippen molar-refractivity contribution in [3.05, 3.63) is 70.2 Å². The van der Waals surface area contributed by atoms with E-state index in [9.17, 15) is 14.7 Å². The smallest absolute Gasteiger partial charge is 0.243 e. The summed E-state index contributed by atoms with van der Waals surface area (Å²) in [5.41, 5.74) is 4.17. The molecule has 162 valence electrons. The number of quaternary nitrogens is 1. The van der Waals surface area contributed by atoms with Gasteiger partial charge < -0.3 is 15.6 Å². The lowest BCUT2D eigenvalue weighted by atomic mass is 9.99. The lowest BCUT2D eigenvalue weighted by Crippen LogP contribution is -2.50. The lowest BCUT2D eigenvalue weighted by Gasteiger charge is -2.44. The average molecular weight is 423 g/mol. The summed E-state index contributed by atoms with van der Waals surface area (Å²) in [6.07, 6.45) is 0. The predicted octanol–water partition coefficient (Wildman–Crippen LogP) is 3.89. The van der Waals surface area contributed by atoms with Crippen LogP contribution in [0, 0.1) is 24.9 Å². The molecule has 3 aromatic rings. The number of aliphatic hydroxyl groups excluding tert-OH is 1. The number of para-hydroxylation sites is 1. The zero-order chi connectivity index (χ0) is 22.2. The number of aromatic nitrogens is 2. The van der Waals surface area contributed by atoms with Crippen LogP contribution in [0.15, 0.2) is 42.5 Å². The Morgan fingerprint density at radius 3 is 2.68 bits per heavy atom. The maximum atomic E-state index is 14.2. The number of benzene rings is 2. The fourth-order valence-corrected chi connectivity index (χ4v) is 3.96. The molecule has 2 atom stereocenters. The first-order valence-electron chi connectivity index (χ1n) is 10.2. The molecule has 1 aliphatic heterocycles. The summed E-state index contributed by atoms with van der Waals surface area (Å²) in [5.74, 6) is 0.269. The summed E-state index contributed by atoms with van der Waals surface area (Å²) in [6, 6.07) is 11.7. The van der Waals surface area contributed by atoms with Crippen LogP contribution in [0.2, 0.25) is 0 Å². The molecule has 0 saturated carbocycles. The van der Waals surface area contributed by atoms with Crippen LogP contribution in [0.5, 0.6) is 0 Å². The number of nitrogens with zero attached hydrogens (tertiary/aromatic N) is 3. The number of fused-ring (bicyclic) bond motifs is 1. The van der Waals surface area contributed by atoms with E-state index in [1.165, 1.54) is 12.1 Å². The molecule has 0 bridgehead atoms. The van der Waals surface area contributed by atoms with Gasteiger partial charge in [-0.15, -0.1) is 0 Å². The Bertz CT molecular complexity index is 1120. The SMILES string of the molecule is Cc1cc(F)ccc1-c1nc(N[C@@H](C)CO)nc2c1CNC[N+]2([O-])c1ccccc1C. The molecule has 1 aromatic heterocycles. The second-order valence-electron chi connectivity index (χ2n) is 8.00. The van der Waals surface area contributed by atoms with Crippen molar-refractivity contribution in [2.24, 2.45) is 0 Å². The van der Waals surface area contributed by atoms with E-state index >= 15 is 0 Å². The second-order valence-corrected chi connectivity index (χ2v) is 8.00. The highest BCUT2D eigenvalue weighted by atomic mass is 19.1. The molecule has 0 saturated heterocycles. The molecule has 31 heavy (non-hydrogen) atoms. The normalized spacial score (nSPS) is 19.0. The number of hydrogen-bond acceptors (Lipinski definition) is 6. The molecule has 4 rings (SSSR count). The van der Waals surface area contributed by atoms with Gasteiger partial charge in [-0.3, -0.25) is 9.96 Å². The minimum absolute atomic E-state index is 0.109. The molecule has 0 aliphatic carbocycles. The van der Waals surface area contributed by atoms with E-state index in [1.54, 1.807) is 13.0 Å². The van der Waals surface area contributed by atoms with Gasteiger partial charge in [-0.1, -0.05) is 18.2 Å². The van der Waals surface area contributed by atoms with Crippen LogP contribution in [-0.4, -0.2) is 34.4 Å². The van der Waals surface area contributed by atoms with Crippen LogP contribution in [-0.2, 0) is 6.54 Å². The molecule has 7 nitrogen and oxygen atoms in total. The first kappa shape index (κ1) is 21.3. The molecular formula is C23H26FN5O2. The average Bonchev–Trinajstić information content (AvgIpc) is 2.74. The summed E-state index contributed by atoms with van der Waals surface area (Å²) in [6.45, 7) is 5.96. The van der Waals surface area contributed by atoms with Crippen LogP contribution in [0.4, 0.5) is 21.8 Å². The van der Waals surface area contributed by atoms with E-state index in [2.05, 4.69) is 20.6 Å². The maximum Gasteiger partial charge on any atom is 0.243 e. The summed E-state index contributed by atoms with van der Waals surface area (Å²) in [7, 11) is 0. The highest BCUT2D eigenvalue weighted by Crippen LogP contribution is 2.42. The summed E-state index contributed by atoms with van der Waals surface area (Å²) >= 11 is 0. The number of rotatable bonds is 5. The molecule has 1 unspecified atom stereocenters. The van der Waals surface area contributed by atoms with Crippen LogP contribution < -0.4 is 15.3 Å². The van der Waals surface area contributed by atoms with E-state index in [0.717, 1.165) is 11.1 Å². The monoisotopic (exact) mass is 423 g/mol. The first-order valence-corrected chi connectivity index (χ1v) is 10.2. The molecular weight excluding hydrogens is 397 g/mol. The number of hydroxylamine groups is 1. The van der Waals surface area contributed by atoms with Gasteiger partial charge in [-0.2, -0.15) is 4.98 Å². The number of hydrogen-bond donors (Lipinski definition) is 3. The molecule has 2 aromatic carbocycles. The second kappa shape index (κ2) is 8.32. The van der Waals surface area contributed by atoms with Gasteiger partial charge in [-0.05, 0) is 44.5 Å². The molecule has 0 amide bonds. The van der Waals surface area contributed by atoms with E-state index in [-0.39, 0.29) is 31.1 Å². The third-order valence-corrected chi connectivity index (χ3v) is 5.56. The Balaban J connectivity index is 1.97. The number of nitrogens with one attached hydrogen (secondary N) is 2. The molecule has 1 aliphatic rings. The minimum Gasteiger partial charge on any atom is -0.620 e. The fourth-order valence-electron chi connectivity index (χ4n) is 3.96. The van der Waals surface area contributed by atoms with E-state index in [1.807, 2.05) is 38.1 Å². The van der Waals surface area contributed by atoms with Crippen molar-refractivity contribution in [2.75, 3.05) is 18.6 Å². The zero-order valence-corrected chi connectivity index (χ0v) is 17.8. The van der Waals surface area contributed by atoms with Gasteiger partial charge in [0.1, 0.15) is 18.2 Å². The Hall–Kier alpha value is -2.91. The highest BCUT2D eigenvalue weighted by Gasteiger charge is 2.36. The maximum absolute atomic E-state index is 14.2. The van der Waals surface area contributed by atoms with Crippen molar-refractivity contribution in [2.45, 2.75) is 33.4 Å². The summed E-state index contributed by atoms with van der Waals surface area (Å²) < 4.78 is 13.0. The van der Waals surface area contributed by atoms with Crippen molar-refractivity contribution in [3.63, 3.8) is 0 Å². The van der Waals surface area contributed by atoms with Crippen molar-refractivity contribution < 1.29 is 9.50 Å². The van der Waals surface area contributed by atoms with Gasteiger partial charge in [0.05, 0.1) is 17.9 Å². The predicted molar refractivity (Wildman–Crippen MR) is 120 cm³/mol. The van der Waals surface area contributed by atoms with Crippen LogP contribution in [0.25, 0.3) is 11.3 Å². The van der Waals surface area contributed by atoms with Crippen molar-refractivity contribution in [3.8, 4) is 11.3 Å². The largest absolute Gasteiger partial charge is 0.620 e. The Labute approximate surface area is 180 Å². The number of aryl methyl sites for hydroxylation is 2. The Morgan fingerprint density at radius 1 is 1.19 bits per heavy atom. The Morgan fingerprint density at radius 2 is 1.97 bits per heavy atom. The topological polar surface area (TPSA) is 93.1 Å². The molecule has 2 heterocycles. The van der Waals surface area contributed by atoms with E-state index < -0.39 is 4.65 Å². The number of halogens is 1. The van der Waals surface area contributed by atoms with Gasteiger partial charge >= 0.3 is 0 Å². The third-order valence-electron chi connectivity index (χ3n) is 5.56. The quantitative estimate of drug-likeness (QED) is 0.426. The van der Waals surface area contributed by atoms with Crippen LogP contribution >= 0.6 is 0 Å². The van der Waals surface area contributed by atoms with E-state index in [0.29, 0.717) is 34.9 Å². The zero-order valence-electron chi connectivity index (χ0n) is 17.8. The lowest BCUT2D eigenvalue weighted by molar-refractivity contribution is 0.281. The van der Waals surface area contributed by atoms with Crippen LogP contribution in [0.1, 0.15) is 23.6 Å². The first-order chi connectivity index (χ1) is 14.8. The number of aliphatic hydroxyl groups is 1. The van der Waals surface area contributed by atoms with E-state index in [4.69, 9.17) is 0 Å². The summed E-state index contributed by atoms with van der Waals surface area (Å²) in [4.78, 5) is 9.29. The minimum atomic E-state index is -0.778. The van der Waals surface area contributed by atoms with Gasteiger partial charge in [0.25, 0.3) is 0 Å². The molecule has 8 heteroatoms. The van der Waals surface area contributed by atoms with Crippen molar-refractivity contribution in [1.29, 1.82) is 0 Å².